The van der Waals surface area contributed by atoms with Gasteiger partial charge in [-0.1, -0.05) is 103 Å². The van der Waals surface area contributed by atoms with Gasteiger partial charge in [0.1, 0.15) is 80.5 Å². The minimum Gasteiger partial charge on any atom is -0.458 e. The number of hydrogen-bond donors (Lipinski definition) is 0. The summed E-state index contributed by atoms with van der Waals surface area (Å²) in [7, 11) is 4.30. The normalized spacial score (nSPS) is 13.8. The average Bonchev–Trinajstić information content (AvgIpc) is 3.48. The van der Waals surface area contributed by atoms with Gasteiger partial charge in [-0.15, -0.1) is 0 Å². The third-order valence-corrected chi connectivity index (χ3v) is 15.4. The molecule has 0 aromatic heterocycles. The van der Waals surface area contributed by atoms with Crippen molar-refractivity contribution in [3.8, 4) is 80.5 Å². The molecule has 10 aromatic rings. The summed E-state index contributed by atoms with van der Waals surface area (Å²) >= 11 is 0. The zero-order valence-electron chi connectivity index (χ0n) is 40.0. The van der Waals surface area contributed by atoms with E-state index >= 15 is 0 Å². The molecule has 0 amide bonds. The van der Waals surface area contributed by atoms with Crippen LogP contribution >= 0.6 is 0 Å². The molecule has 0 radical (unpaired) electrons. The van der Waals surface area contributed by atoms with Crippen LogP contribution in [0.25, 0.3) is 0 Å². The molecule has 0 saturated heterocycles. The Morgan fingerprint density at radius 3 is 1.08 bits per heavy atom. The Hall–Kier alpha value is -9.41. The number of hydrogen-bond acceptors (Lipinski definition) is 9. The van der Waals surface area contributed by atoms with Crippen molar-refractivity contribution in [1.29, 1.82) is 0 Å². The molecule has 0 atom stereocenters. The molecular weight excluding hydrogens is 917 g/mol. The molecule has 348 valence electrons. The van der Waals surface area contributed by atoms with Gasteiger partial charge in [0.05, 0.1) is 0 Å². The van der Waals surface area contributed by atoms with Crippen LogP contribution in [0.2, 0.25) is 0 Å². The molecule has 16 rings (SSSR count). The third-order valence-electron chi connectivity index (χ3n) is 15.4. The van der Waals surface area contributed by atoms with E-state index in [9.17, 15) is 0 Å². The minimum atomic E-state index is -0.239. The van der Waals surface area contributed by atoms with E-state index in [1.165, 1.54) is 10.9 Å². The lowest BCUT2D eigenvalue weighted by Crippen LogP contribution is -2.65. The predicted molar refractivity (Wildman–Crippen MR) is 295 cm³/mol. The van der Waals surface area contributed by atoms with Gasteiger partial charge in [0.2, 0.25) is 0 Å². The molecule has 0 N–H and O–H groups in total. The van der Waals surface area contributed by atoms with Gasteiger partial charge in [0.25, 0.3) is 20.1 Å². The highest BCUT2D eigenvalue weighted by molar-refractivity contribution is 7.03. The van der Waals surface area contributed by atoms with Crippen molar-refractivity contribution in [2.45, 2.75) is 0 Å². The van der Waals surface area contributed by atoms with Crippen molar-refractivity contribution in [2.24, 2.45) is 0 Å². The summed E-state index contributed by atoms with van der Waals surface area (Å²) in [6.45, 7) is -0.558. The second-order valence-corrected chi connectivity index (χ2v) is 19.6. The van der Waals surface area contributed by atoms with Gasteiger partial charge >= 0.3 is 0 Å². The van der Waals surface area contributed by atoms with Gasteiger partial charge in [-0.25, -0.2) is 0 Å². The van der Waals surface area contributed by atoms with Crippen LogP contribution in [0.5, 0.6) is 80.5 Å². The van der Waals surface area contributed by atoms with Crippen molar-refractivity contribution in [2.75, 3.05) is 23.9 Å². The summed E-state index contributed by atoms with van der Waals surface area (Å²) in [6, 6.07) is 67.8. The molecule has 10 aromatic carbocycles. The molecule has 74 heavy (non-hydrogen) atoms. The lowest BCUT2D eigenvalue weighted by Gasteiger charge is -2.43. The smallest absolute Gasteiger partial charge is 0.260 e. The van der Waals surface area contributed by atoms with Crippen molar-refractivity contribution in [3.63, 3.8) is 0 Å². The molecule has 0 aliphatic carbocycles. The Labute approximate surface area is 427 Å². The van der Waals surface area contributed by atoms with E-state index in [0.717, 1.165) is 101 Å². The SMILES string of the molecule is CN1c2cc3c(cc2B2c4ccccc4Oc4cc(Oc5ccccc5)cc1c42)B1c2cc4c(cc2Oc2cc(Oc5ccccc5)cc(c21)N3C)Oc1cc(Oc2ccccc2)cc2c1B4c1ccccc1O2. The summed E-state index contributed by atoms with van der Waals surface area (Å²) < 4.78 is 47.3. The third kappa shape index (κ3) is 6.14. The van der Waals surface area contributed by atoms with Crippen molar-refractivity contribution in [3.05, 3.63) is 200 Å². The predicted octanol–water partition coefficient (Wildman–Crippen LogP) is 9.20. The van der Waals surface area contributed by atoms with Crippen molar-refractivity contribution < 1.29 is 33.2 Å². The van der Waals surface area contributed by atoms with Crippen LogP contribution in [0.4, 0.5) is 22.7 Å². The zero-order valence-corrected chi connectivity index (χ0v) is 40.0. The molecule has 9 nitrogen and oxygen atoms in total. The number of para-hydroxylation sites is 5. The van der Waals surface area contributed by atoms with Crippen molar-refractivity contribution >= 4 is 92.1 Å². The molecule has 0 unspecified atom stereocenters. The van der Waals surface area contributed by atoms with Crippen LogP contribution in [-0.4, -0.2) is 34.2 Å². The number of fused-ring (bicyclic) bond motifs is 12. The van der Waals surface area contributed by atoms with E-state index in [1.807, 2.05) is 133 Å². The van der Waals surface area contributed by atoms with Crippen LogP contribution in [0.15, 0.2) is 200 Å². The molecule has 0 saturated carbocycles. The van der Waals surface area contributed by atoms with E-state index in [-0.39, 0.29) is 20.1 Å². The molecule has 6 aliphatic rings. The van der Waals surface area contributed by atoms with Gasteiger partial charge in [-0.05, 0) is 98.3 Å². The average molecular weight is 956 g/mol. The fourth-order valence-corrected chi connectivity index (χ4v) is 12.2. The first-order chi connectivity index (χ1) is 36.5. The second kappa shape index (κ2) is 15.5. The first-order valence-corrected chi connectivity index (χ1v) is 24.9. The highest BCUT2D eigenvalue weighted by atomic mass is 16.5. The molecule has 12 heteroatoms. The maximum Gasteiger partial charge on any atom is 0.260 e. The summed E-state index contributed by atoms with van der Waals surface area (Å²) in [5, 5.41) is 0. The Morgan fingerprint density at radius 2 is 0.622 bits per heavy atom. The van der Waals surface area contributed by atoms with Gasteiger partial charge in [0, 0.05) is 84.8 Å². The largest absolute Gasteiger partial charge is 0.458 e. The Kier molecular flexibility index (Phi) is 8.66. The summed E-state index contributed by atoms with van der Waals surface area (Å²) in [4.78, 5) is 4.59. The van der Waals surface area contributed by atoms with E-state index in [4.69, 9.17) is 33.2 Å². The number of anilines is 4. The first kappa shape index (κ1) is 41.2. The Bertz CT molecular complexity index is 4030. The summed E-state index contributed by atoms with van der Waals surface area (Å²) in [6.07, 6.45) is 0. The fourth-order valence-electron chi connectivity index (χ4n) is 12.2. The quantitative estimate of drug-likeness (QED) is 0.152. The molecule has 6 aliphatic heterocycles. The number of ether oxygens (including phenoxy) is 7. The molecule has 0 fully saturated rings. The topological polar surface area (TPSA) is 71.1 Å². The van der Waals surface area contributed by atoms with Gasteiger partial charge in [-0.2, -0.15) is 0 Å². The van der Waals surface area contributed by atoms with Gasteiger partial charge in [-0.3, -0.25) is 0 Å². The van der Waals surface area contributed by atoms with E-state index < -0.39 is 0 Å². The maximum atomic E-state index is 7.17. The van der Waals surface area contributed by atoms with E-state index in [0.29, 0.717) is 40.2 Å². The van der Waals surface area contributed by atoms with Crippen LogP contribution in [0.1, 0.15) is 0 Å². The minimum absolute atomic E-state index is 0.124. The molecule has 0 spiro atoms. The number of rotatable bonds is 6. The number of nitrogens with zero attached hydrogens (tertiary/aromatic N) is 2. The number of benzene rings is 10. The fraction of sp³-hybridized carbons (Fsp3) is 0.0323. The Morgan fingerprint density at radius 1 is 0.270 bits per heavy atom. The van der Waals surface area contributed by atoms with Crippen LogP contribution < -0.4 is 92.1 Å². The highest BCUT2D eigenvalue weighted by Crippen LogP contribution is 2.46. The summed E-state index contributed by atoms with van der Waals surface area (Å²) in [5.41, 5.74) is 13.9. The van der Waals surface area contributed by atoms with Crippen LogP contribution in [0.3, 0.4) is 0 Å². The standard InChI is InChI=1S/C62H39B3N2O7/c1-66-48-34-49-45(32-44(48)63-42-22-12-14-24-52(42)71-56-28-39(26-50(66)60(56)63)68-36-16-6-3-7-17-36)65-47-33-46-54(35-55(47)73-57-29-40(27-51(61(57)65)67(49)2)69-37-18-8-4-9-19-37)74-59-31-41(70-38-20-10-5-11-21-38)30-58-62(59)64(46)43-23-13-15-25-53(43)72-58/h3-35H,1-2H3. The molecule has 6 heterocycles. The summed E-state index contributed by atoms with van der Waals surface area (Å²) in [5.74, 6) is 10.1. The first-order valence-electron chi connectivity index (χ1n) is 24.9. The van der Waals surface area contributed by atoms with Crippen LogP contribution in [-0.2, 0) is 0 Å². The maximum absolute atomic E-state index is 7.17. The highest BCUT2D eigenvalue weighted by Gasteiger charge is 2.48. The van der Waals surface area contributed by atoms with E-state index in [1.54, 1.807) is 0 Å². The van der Waals surface area contributed by atoms with Gasteiger partial charge < -0.3 is 43.0 Å². The molecular formula is C62H39B3N2O7. The second-order valence-electron chi connectivity index (χ2n) is 19.6. The monoisotopic (exact) mass is 956 g/mol. The lowest BCUT2D eigenvalue weighted by molar-refractivity contribution is 0.439. The Balaban J connectivity index is 0.899. The van der Waals surface area contributed by atoms with E-state index in [2.05, 4.69) is 90.6 Å². The lowest BCUT2D eigenvalue weighted by atomic mass is 9.30. The zero-order chi connectivity index (χ0) is 48.8. The van der Waals surface area contributed by atoms with Crippen LogP contribution in [0, 0.1) is 0 Å². The van der Waals surface area contributed by atoms with Gasteiger partial charge in [0.15, 0.2) is 0 Å². The van der Waals surface area contributed by atoms with Crippen molar-refractivity contribution in [1.82, 2.24) is 0 Å². The molecule has 0 bridgehead atoms.